The third kappa shape index (κ3) is 2.71. The molecule has 0 aliphatic carbocycles. The Morgan fingerprint density at radius 1 is 1.16 bits per heavy atom. The first-order valence-corrected chi connectivity index (χ1v) is 8.04. The first-order valence-electron chi connectivity index (χ1n) is 8.04. The summed E-state index contributed by atoms with van der Waals surface area (Å²) in [6, 6.07) is 11.5. The van der Waals surface area contributed by atoms with E-state index < -0.39 is 0 Å². The van der Waals surface area contributed by atoms with Gasteiger partial charge in [-0.05, 0) is 42.0 Å². The highest BCUT2D eigenvalue weighted by Crippen LogP contribution is 2.30. The summed E-state index contributed by atoms with van der Waals surface area (Å²) in [6.07, 6.45) is 3.78. The van der Waals surface area contributed by atoms with Crippen molar-refractivity contribution in [2.75, 3.05) is 19.4 Å². The van der Waals surface area contributed by atoms with E-state index in [1.807, 2.05) is 47.2 Å². The second-order valence-electron chi connectivity index (χ2n) is 5.95. The van der Waals surface area contributed by atoms with Crippen LogP contribution in [0.4, 0.5) is 5.69 Å². The van der Waals surface area contributed by atoms with Crippen molar-refractivity contribution in [3.63, 3.8) is 0 Å². The van der Waals surface area contributed by atoms with Gasteiger partial charge in [0.2, 0.25) is 0 Å². The van der Waals surface area contributed by atoms with Gasteiger partial charge in [-0.3, -0.25) is 9.78 Å². The molecular weight excluding hydrogens is 316 g/mol. The topological polar surface area (TPSA) is 82.2 Å². The molecule has 1 aliphatic rings. The Balaban J connectivity index is 1.73. The molecule has 3 heterocycles. The Labute approximate surface area is 145 Å². The minimum Gasteiger partial charge on any atom is -0.495 e. The van der Waals surface area contributed by atoms with E-state index in [4.69, 9.17) is 10.5 Å². The van der Waals surface area contributed by atoms with E-state index in [2.05, 4.69) is 10.3 Å². The maximum absolute atomic E-state index is 11.9. The molecule has 126 valence electrons. The Kier molecular flexibility index (Phi) is 3.65. The van der Waals surface area contributed by atoms with Crippen LogP contribution in [0.5, 0.6) is 5.75 Å². The van der Waals surface area contributed by atoms with Gasteiger partial charge in [-0.2, -0.15) is 0 Å². The fourth-order valence-corrected chi connectivity index (χ4v) is 3.09. The van der Waals surface area contributed by atoms with Gasteiger partial charge >= 0.3 is 0 Å². The fourth-order valence-electron chi connectivity index (χ4n) is 3.09. The monoisotopic (exact) mass is 334 g/mol. The lowest BCUT2D eigenvalue weighted by Gasteiger charge is -2.14. The van der Waals surface area contributed by atoms with Crippen LogP contribution in [-0.2, 0) is 6.54 Å². The molecule has 1 aliphatic heterocycles. The lowest BCUT2D eigenvalue weighted by Crippen LogP contribution is -2.34. The quantitative estimate of drug-likeness (QED) is 0.721. The van der Waals surface area contributed by atoms with Gasteiger partial charge in [0.15, 0.2) is 0 Å². The number of amides is 1. The lowest BCUT2D eigenvalue weighted by molar-refractivity contribution is 0.0928. The maximum Gasteiger partial charge on any atom is 0.267 e. The second-order valence-corrected chi connectivity index (χ2v) is 5.95. The highest BCUT2D eigenvalue weighted by atomic mass is 16.5. The number of nitrogen functional groups attached to an aromatic ring is 1. The van der Waals surface area contributed by atoms with Crippen molar-refractivity contribution in [1.29, 1.82) is 0 Å². The van der Waals surface area contributed by atoms with Gasteiger partial charge in [0.1, 0.15) is 11.4 Å². The third-order valence-electron chi connectivity index (χ3n) is 4.39. The molecule has 0 spiro atoms. The molecule has 0 saturated heterocycles. The van der Waals surface area contributed by atoms with E-state index in [1.54, 1.807) is 13.3 Å². The zero-order valence-electron chi connectivity index (χ0n) is 13.8. The molecule has 4 rings (SSSR count). The number of hydrogen-bond donors (Lipinski definition) is 2. The van der Waals surface area contributed by atoms with E-state index in [-0.39, 0.29) is 5.91 Å². The molecule has 6 heteroatoms. The SMILES string of the molecule is COc1ccc(-c2cc(-c3cc4n(c3)CCNC4=O)ccn2)cc1N. The van der Waals surface area contributed by atoms with Crippen molar-refractivity contribution in [1.82, 2.24) is 14.9 Å². The summed E-state index contributed by atoms with van der Waals surface area (Å²) in [5, 5.41) is 2.86. The predicted molar refractivity (Wildman–Crippen MR) is 96.4 cm³/mol. The lowest BCUT2D eigenvalue weighted by atomic mass is 10.0. The molecule has 0 atom stereocenters. The van der Waals surface area contributed by atoms with Crippen molar-refractivity contribution in [3.8, 4) is 28.1 Å². The largest absolute Gasteiger partial charge is 0.495 e. The van der Waals surface area contributed by atoms with Gasteiger partial charge in [0.05, 0.1) is 18.5 Å². The number of rotatable bonds is 3. The molecule has 0 fully saturated rings. The number of hydrogen-bond acceptors (Lipinski definition) is 4. The summed E-state index contributed by atoms with van der Waals surface area (Å²) in [6.45, 7) is 1.45. The number of aromatic nitrogens is 2. The number of nitrogens with one attached hydrogen (secondary N) is 1. The maximum atomic E-state index is 11.9. The summed E-state index contributed by atoms with van der Waals surface area (Å²) in [5.41, 5.74) is 11.0. The average Bonchev–Trinajstić information content (AvgIpc) is 3.07. The van der Waals surface area contributed by atoms with E-state index in [0.717, 1.165) is 28.9 Å². The summed E-state index contributed by atoms with van der Waals surface area (Å²) < 4.78 is 7.19. The van der Waals surface area contributed by atoms with Crippen LogP contribution >= 0.6 is 0 Å². The van der Waals surface area contributed by atoms with Crippen molar-refractivity contribution >= 4 is 11.6 Å². The number of methoxy groups -OCH3 is 1. The zero-order valence-corrected chi connectivity index (χ0v) is 13.8. The second kappa shape index (κ2) is 5.98. The summed E-state index contributed by atoms with van der Waals surface area (Å²) in [5.74, 6) is 0.612. The highest BCUT2D eigenvalue weighted by molar-refractivity contribution is 5.95. The Bertz CT molecular complexity index is 962. The molecule has 3 N–H and O–H groups in total. The van der Waals surface area contributed by atoms with E-state index in [9.17, 15) is 4.79 Å². The van der Waals surface area contributed by atoms with Gasteiger partial charge in [-0.1, -0.05) is 0 Å². The molecule has 6 nitrogen and oxygen atoms in total. The van der Waals surface area contributed by atoms with Crippen LogP contribution in [-0.4, -0.2) is 29.1 Å². The molecule has 0 bridgehead atoms. The Morgan fingerprint density at radius 3 is 2.80 bits per heavy atom. The number of ether oxygens (including phenoxy) is 1. The number of carbonyl (C=O) groups excluding carboxylic acids is 1. The number of fused-ring (bicyclic) bond motifs is 1. The molecular formula is C19H18N4O2. The third-order valence-corrected chi connectivity index (χ3v) is 4.39. The van der Waals surface area contributed by atoms with Gasteiger partial charge in [-0.25, -0.2) is 0 Å². The minimum absolute atomic E-state index is 0.0327. The van der Waals surface area contributed by atoms with E-state index in [0.29, 0.717) is 23.7 Å². The molecule has 25 heavy (non-hydrogen) atoms. The predicted octanol–water partition coefficient (Wildman–Crippen LogP) is 2.55. The smallest absolute Gasteiger partial charge is 0.267 e. The number of pyridine rings is 1. The minimum atomic E-state index is -0.0327. The highest BCUT2D eigenvalue weighted by Gasteiger charge is 2.18. The van der Waals surface area contributed by atoms with Crippen LogP contribution in [0.1, 0.15) is 10.5 Å². The molecule has 3 aromatic rings. The number of nitrogens with two attached hydrogens (primary N) is 1. The van der Waals surface area contributed by atoms with Crippen LogP contribution in [0.3, 0.4) is 0 Å². The molecule has 1 aromatic carbocycles. The van der Waals surface area contributed by atoms with E-state index >= 15 is 0 Å². The van der Waals surface area contributed by atoms with Gasteiger partial charge in [0.25, 0.3) is 5.91 Å². The molecule has 0 saturated carbocycles. The fraction of sp³-hybridized carbons (Fsp3) is 0.158. The molecule has 2 aromatic heterocycles. The van der Waals surface area contributed by atoms with Gasteiger partial charge in [-0.15, -0.1) is 0 Å². The van der Waals surface area contributed by atoms with Gasteiger partial charge in [0, 0.05) is 36.6 Å². The van der Waals surface area contributed by atoms with Crippen LogP contribution < -0.4 is 15.8 Å². The summed E-state index contributed by atoms with van der Waals surface area (Å²) in [7, 11) is 1.59. The standard InChI is InChI=1S/C19H18N4O2/c1-25-18-3-2-13(8-15(18)20)16-9-12(4-5-21-16)14-10-17-19(24)22-6-7-23(17)11-14/h2-5,8-11H,6-7,20H2,1H3,(H,22,24). The molecule has 1 amide bonds. The molecule has 0 unspecified atom stereocenters. The number of nitrogens with zero attached hydrogens (tertiary/aromatic N) is 2. The van der Waals surface area contributed by atoms with Crippen molar-refractivity contribution < 1.29 is 9.53 Å². The Morgan fingerprint density at radius 2 is 2.04 bits per heavy atom. The van der Waals surface area contributed by atoms with Crippen LogP contribution in [0, 0.1) is 0 Å². The Hall–Kier alpha value is -3.28. The van der Waals surface area contributed by atoms with Crippen molar-refractivity contribution in [3.05, 3.63) is 54.5 Å². The van der Waals surface area contributed by atoms with Crippen molar-refractivity contribution in [2.45, 2.75) is 6.54 Å². The first kappa shape index (κ1) is 15.3. The van der Waals surface area contributed by atoms with E-state index in [1.165, 1.54) is 0 Å². The number of carbonyl (C=O) groups is 1. The average molecular weight is 334 g/mol. The molecule has 0 radical (unpaired) electrons. The zero-order chi connectivity index (χ0) is 17.4. The first-order chi connectivity index (χ1) is 12.2. The normalized spacial score (nSPS) is 13.2. The number of benzene rings is 1. The number of anilines is 1. The van der Waals surface area contributed by atoms with Crippen molar-refractivity contribution in [2.24, 2.45) is 0 Å². The van der Waals surface area contributed by atoms with Crippen LogP contribution in [0.2, 0.25) is 0 Å². The van der Waals surface area contributed by atoms with Crippen LogP contribution in [0.15, 0.2) is 48.8 Å². The van der Waals surface area contributed by atoms with Crippen LogP contribution in [0.25, 0.3) is 22.4 Å². The van der Waals surface area contributed by atoms with Gasteiger partial charge < -0.3 is 20.4 Å². The summed E-state index contributed by atoms with van der Waals surface area (Å²) in [4.78, 5) is 16.4. The summed E-state index contributed by atoms with van der Waals surface area (Å²) >= 11 is 0.